The van der Waals surface area contributed by atoms with Gasteiger partial charge in [-0.2, -0.15) is 0 Å². The second-order valence-corrected chi connectivity index (χ2v) is 3.96. The minimum Gasteiger partial charge on any atom is -0.395 e. The van der Waals surface area contributed by atoms with Gasteiger partial charge in [0.25, 0.3) is 0 Å². The fraction of sp³-hybridized carbons (Fsp3) is 0.333. The lowest BCUT2D eigenvalue weighted by atomic mass is 10.0. The van der Waals surface area contributed by atoms with Crippen molar-refractivity contribution in [2.24, 2.45) is 5.73 Å². The highest BCUT2D eigenvalue weighted by atomic mass is 35.5. The van der Waals surface area contributed by atoms with Crippen LogP contribution in [-0.2, 0) is 6.42 Å². The Morgan fingerprint density at radius 2 is 2.19 bits per heavy atom. The Labute approximate surface area is 101 Å². The zero-order chi connectivity index (χ0) is 10.8. The Morgan fingerprint density at radius 1 is 1.44 bits per heavy atom. The van der Waals surface area contributed by atoms with Crippen LogP contribution in [0, 0.1) is 6.92 Å². The number of aromatic nitrogens is 1. The number of rotatable bonds is 3. The van der Waals surface area contributed by atoms with Gasteiger partial charge < -0.3 is 15.8 Å². The number of benzene rings is 1. The number of fused-ring (bicyclic) bond motifs is 1. The topological polar surface area (TPSA) is 62.0 Å². The molecule has 2 rings (SSSR count). The maximum atomic E-state index is 8.93. The van der Waals surface area contributed by atoms with Gasteiger partial charge in [-0.3, -0.25) is 0 Å². The van der Waals surface area contributed by atoms with E-state index in [0.717, 1.165) is 5.52 Å². The van der Waals surface area contributed by atoms with Crippen molar-refractivity contribution in [3.8, 4) is 0 Å². The number of aromatic amines is 1. The van der Waals surface area contributed by atoms with Crippen LogP contribution >= 0.6 is 12.4 Å². The number of H-pyrrole nitrogens is 1. The van der Waals surface area contributed by atoms with Crippen LogP contribution in [0.3, 0.4) is 0 Å². The van der Waals surface area contributed by atoms with E-state index in [9.17, 15) is 0 Å². The van der Waals surface area contributed by atoms with Crippen molar-refractivity contribution in [1.29, 1.82) is 0 Å². The summed E-state index contributed by atoms with van der Waals surface area (Å²) in [6.07, 6.45) is 2.69. The summed E-state index contributed by atoms with van der Waals surface area (Å²) < 4.78 is 0. The lowest BCUT2D eigenvalue weighted by Gasteiger charge is -2.06. The molecule has 0 aliphatic carbocycles. The van der Waals surface area contributed by atoms with E-state index in [1.54, 1.807) is 0 Å². The van der Waals surface area contributed by atoms with Gasteiger partial charge in [0.1, 0.15) is 0 Å². The van der Waals surface area contributed by atoms with Crippen LogP contribution in [-0.4, -0.2) is 22.7 Å². The standard InChI is InChI=1S/C12H16N2O.ClH/c1-8-3-2-4-11-9(5-10(13)7-15)6-14-12(8)11;/h2-4,6,10,14-15H,5,7,13H2,1H3;1H. The molecular formula is C12H17ClN2O. The van der Waals surface area contributed by atoms with E-state index < -0.39 is 0 Å². The lowest BCUT2D eigenvalue weighted by Crippen LogP contribution is -2.26. The highest BCUT2D eigenvalue weighted by Crippen LogP contribution is 2.21. The van der Waals surface area contributed by atoms with Crippen molar-refractivity contribution in [3.05, 3.63) is 35.5 Å². The predicted molar refractivity (Wildman–Crippen MR) is 69.0 cm³/mol. The van der Waals surface area contributed by atoms with Crippen molar-refractivity contribution < 1.29 is 5.11 Å². The number of para-hydroxylation sites is 1. The molecular weight excluding hydrogens is 224 g/mol. The molecule has 0 bridgehead atoms. The molecule has 1 heterocycles. The summed E-state index contributed by atoms with van der Waals surface area (Å²) in [6, 6.07) is 6.02. The number of nitrogens with one attached hydrogen (secondary N) is 1. The second kappa shape index (κ2) is 5.34. The first-order valence-corrected chi connectivity index (χ1v) is 5.14. The molecule has 0 aliphatic heterocycles. The number of nitrogens with two attached hydrogens (primary N) is 1. The quantitative estimate of drug-likeness (QED) is 0.766. The van der Waals surface area contributed by atoms with E-state index >= 15 is 0 Å². The van der Waals surface area contributed by atoms with Crippen LogP contribution in [0.25, 0.3) is 10.9 Å². The Kier molecular flexibility index (Phi) is 4.35. The first kappa shape index (κ1) is 13.0. The normalized spacial score (nSPS) is 12.4. The smallest absolute Gasteiger partial charge is 0.0585 e. The molecule has 0 radical (unpaired) electrons. The van der Waals surface area contributed by atoms with Gasteiger partial charge in [-0.1, -0.05) is 18.2 Å². The molecule has 3 nitrogen and oxygen atoms in total. The molecule has 88 valence electrons. The number of hydrogen-bond donors (Lipinski definition) is 3. The molecule has 1 aromatic carbocycles. The van der Waals surface area contributed by atoms with E-state index in [0.29, 0.717) is 6.42 Å². The van der Waals surface area contributed by atoms with Crippen LogP contribution in [0.5, 0.6) is 0 Å². The Balaban J connectivity index is 0.00000128. The molecule has 1 atom stereocenters. The SMILES string of the molecule is Cc1cccc2c(CC(N)CO)c[nH]c12.Cl. The largest absolute Gasteiger partial charge is 0.395 e. The first-order chi connectivity index (χ1) is 7.22. The van der Waals surface area contributed by atoms with Gasteiger partial charge in [0, 0.05) is 23.1 Å². The molecule has 0 saturated carbocycles. The summed E-state index contributed by atoms with van der Waals surface area (Å²) in [4.78, 5) is 3.25. The fourth-order valence-electron chi connectivity index (χ4n) is 1.88. The monoisotopic (exact) mass is 240 g/mol. The summed E-state index contributed by atoms with van der Waals surface area (Å²) in [5.74, 6) is 0. The van der Waals surface area contributed by atoms with E-state index in [1.165, 1.54) is 16.5 Å². The molecule has 16 heavy (non-hydrogen) atoms. The molecule has 1 unspecified atom stereocenters. The van der Waals surface area contributed by atoms with Crippen molar-refractivity contribution in [1.82, 2.24) is 4.98 Å². The van der Waals surface area contributed by atoms with E-state index in [1.807, 2.05) is 12.3 Å². The number of halogens is 1. The molecule has 0 fully saturated rings. The predicted octanol–water partition coefficient (Wildman–Crippen LogP) is 1.76. The highest BCUT2D eigenvalue weighted by Gasteiger charge is 2.08. The molecule has 1 aromatic heterocycles. The average molecular weight is 241 g/mol. The number of aliphatic hydroxyl groups excluding tert-OH is 1. The molecule has 0 saturated heterocycles. The van der Waals surface area contributed by atoms with Gasteiger partial charge in [-0.15, -0.1) is 12.4 Å². The third-order valence-electron chi connectivity index (χ3n) is 2.73. The van der Waals surface area contributed by atoms with Crippen LogP contribution < -0.4 is 5.73 Å². The Bertz CT molecular complexity index is 467. The molecule has 4 N–H and O–H groups in total. The van der Waals surface area contributed by atoms with Gasteiger partial charge in [0.2, 0.25) is 0 Å². The van der Waals surface area contributed by atoms with Gasteiger partial charge in [0.15, 0.2) is 0 Å². The van der Waals surface area contributed by atoms with Crippen LogP contribution in [0.2, 0.25) is 0 Å². The van der Waals surface area contributed by atoms with Crippen LogP contribution in [0.1, 0.15) is 11.1 Å². The fourth-order valence-corrected chi connectivity index (χ4v) is 1.88. The number of aryl methyl sites for hydroxylation is 1. The summed E-state index contributed by atoms with van der Waals surface area (Å²) in [6.45, 7) is 2.10. The van der Waals surface area contributed by atoms with E-state index in [4.69, 9.17) is 10.8 Å². The van der Waals surface area contributed by atoms with Gasteiger partial charge in [0.05, 0.1) is 6.61 Å². The Morgan fingerprint density at radius 3 is 2.88 bits per heavy atom. The molecule has 0 spiro atoms. The van der Waals surface area contributed by atoms with Crippen molar-refractivity contribution in [3.63, 3.8) is 0 Å². The average Bonchev–Trinajstić information content (AvgIpc) is 2.63. The van der Waals surface area contributed by atoms with Crippen molar-refractivity contribution >= 4 is 23.3 Å². The third kappa shape index (κ3) is 2.38. The summed E-state index contributed by atoms with van der Waals surface area (Å²) in [5.41, 5.74) is 9.30. The van der Waals surface area contributed by atoms with Gasteiger partial charge in [-0.25, -0.2) is 0 Å². The molecule has 4 heteroatoms. The maximum absolute atomic E-state index is 8.93. The molecule has 2 aromatic rings. The molecule has 0 aliphatic rings. The van der Waals surface area contributed by atoms with Gasteiger partial charge in [-0.05, 0) is 24.5 Å². The number of aliphatic hydroxyl groups is 1. The van der Waals surface area contributed by atoms with Crippen LogP contribution in [0.15, 0.2) is 24.4 Å². The minimum absolute atomic E-state index is 0. The zero-order valence-corrected chi connectivity index (χ0v) is 10.1. The summed E-state index contributed by atoms with van der Waals surface area (Å²) in [5, 5.41) is 10.1. The molecule has 0 amide bonds. The lowest BCUT2D eigenvalue weighted by molar-refractivity contribution is 0.265. The Hall–Kier alpha value is -1.03. The van der Waals surface area contributed by atoms with Crippen LogP contribution in [0.4, 0.5) is 0 Å². The van der Waals surface area contributed by atoms with Crippen molar-refractivity contribution in [2.75, 3.05) is 6.61 Å². The maximum Gasteiger partial charge on any atom is 0.0585 e. The highest BCUT2D eigenvalue weighted by molar-refractivity contribution is 5.86. The summed E-state index contributed by atoms with van der Waals surface area (Å²) in [7, 11) is 0. The summed E-state index contributed by atoms with van der Waals surface area (Å²) >= 11 is 0. The van der Waals surface area contributed by atoms with E-state index in [-0.39, 0.29) is 25.1 Å². The second-order valence-electron chi connectivity index (χ2n) is 3.96. The zero-order valence-electron chi connectivity index (χ0n) is 9.23. The third-order valence-corrected chi connectivity index (χ3v) is 2.73. The van der Waals surface area contributed by atoms with Gasteiger partial charge >= 0.3 is 0 Å². The first-order valence-electron chi connectivity index (χ1n) is 5.14. The van der Waals surface area contributed by atoms with Crippen molar-refractivity contribution in [2.45, 2.75) is 19.4 Å². The number of hydrogen-bond acceptors (Lipinski definition) is 2. The van der Waals surface area contributed by atoms with E-state index in [2.05, 4.69) is 24.0 Å². The minimum atomic E-state index is -0.176.